The standard InChI is InChI=1S/C19H22N4O/c1-13-8-9-15-6-3-4-7-16(15)18(13)22-19(24)17-12-21-23(14(17)2)11-5-10-20/h3-4,6-7,12-13,18H,5,8-9,11H2,1-2H3,(H,22,24). The fourth-order valence-electron chi connectivity index (χ4n) is 3.41. The first-order valence-corrected chi connectivity index (χ1v) is 8.40. The molecule has 0 saturated carbocycles. The number of fused-ring (bicyclic) bond motifs is 1. The van der Waals surface area contributed by atoms with Gasteiger partial charge in [-0.15, -0.1) is 0 Å². The SMILES string of the molecule is Cc1c(C(=O)NC2c3ccccc3CCC2C)cnn1CCC#N. The molecule has 3 rings (SSSR count). The summed E-state index contributed by atoms with van der Waals surface area (Å²) in [5.41, 5.74) is 3.93. The number of carbonyl (C=O) groups is 1. The van der Waals surface area contributed by atoms with E-state index in [4.69, 9.17) is 5.26 Å². The highest BCUT2D eigenvalue weighted by molar-refractivity contribution is 5.95. The normalized spacial score (nSPS) is 19.4. The van der Waals surface area contributed by atoms with Crippen LogP contribution in [0.3, 0.4) is 0 Å². The van der Waals surface area contributed by atoms with Crippen LogP contribution >= 0.6 is 0 Å². The number of hydrogen-bond donors (Lipinski definition) is 1. The first-order valence-electron chi connectivity index (χ1n) is 8.40. The van der Waals surface area contributed by atoms with Crippen LogP contribution in [0.5, 0.6) is 0 Å². The molecule has 5 heteroatoms. The Morgan fingerprint density at radius 2 is 2.25 bits per heavy atom. The van der Waals surface area contributed by atoms with E-state index >= 15 is 0 Å². The molecule has 2 unspecified atom stereocenters. The Morgan fingerprint density at radius 3 is 3.04 bits per heavy atom. The quantitative estimate of drug-likeness (QED) is 0.940. The summed E-state index contributed by atoms with van der Waals surface area (Å²) in [5, 5.41) is 16.1. The zero-order valence-corrected chi connectivity index (χ0v) is 14.1. The summed E-state index contributed by atoms with van der Waals surface area (Å²) in [6.07, 6.45) is 4.12. The van der Waals surface area contributed by atoms with Crippen molar-refractivity contribution in [3.8, 4) is 6.07 Å². The lowest BCUT2D eigenvalue weighted by atomic mass is 9.80. The van der Waals surface area contributed by atoms with E-state index in [-0.39, 0.29) is 11.9 Å². The van der Waals surface area contributed by atoms with Gasteiger partial charge in [0.1, 0.15) is 0 Å². The lowest BCUT2D eigenvalue weighted by molar-refractivity contribution is 0.0918. The Bertz CT molecular complexity index is 787. The van der Waals surface area contributed by atoms with Gasteiger partial charge in [-0.05, 0) is 36.8 Å². The van der Waals surface area contributed by atoms with E-state index in [1.54, 1.807) is 10.9 Å². The molecule has 2 aromatic rings. The second-order valence-corrected chi connectivity index (χ2v) is 6.44. The van der Waals surface area contributed by atoms with Crippen molar-refractivity contribution in [3.63, 3.8) is 0 Å². The van der Waals surface area contributed by atoms with Crippen LogP contribution in [0.15, 0.2) is 30.5 Å². The topological polar surface area (TPSA) is 70.7 Å². The molecule has 1 aliphatic carbocycles. The summed E-state index contributed by atoms with van der Waals surface area (Å²) in [6.45, 7) is 4.57. The van der Waals surface area contributed by atoms with Gasteiger partial charge in [-0.3, -0.25) is 9.48 Å². The lowest BCUT2D eigenvalue weighted by Gasteiger charge is -2.32. The molecule has 1 aliphatic rings. The number of carbonyl (C=O) groups excluding carboxylic acids is 1. The van der Waals surface area contributed by atoms with Crippen LogP contribution in [0.1, 0.15) is 53.0 Å². The molecule has 0 saturated heterocycles. The predicted octanol–water partition coefficient (Wildman–Crippen LogP) is 3.16. The minimum atomic E-state index is -0.0933. The molecule has 0 fully saturated rings. The van der Waals surface area contributed by atoms with Crippen LogP contribution in [0.2, 0.25) is 0 Å². The molecule has 0 aliphatic heterocycles. The molecular formula is C19H22N4O. The third kappa shape index (κ3) is 3.05. The molecule has 1 amide bonds. The minimum absolute atomic E-state index is 0.0318. The summed E-state index contributed by atoms with van der Waals surface area (Å²) in [7, 11) is 0. The monoisotopic (exact) mass is 322 g/mol. The zero-order chi connectivity index (χ0) is 17.1. The molecular weight excluding hydrogens is 300 g/mol. The third-order valence-electron chi connectivity index (χ3n) is 4.90. The van der Waals surface area contributed by atoms with E-state index in [1.807, 2.05) is 13.0 Å². The van der Waals surface area contributed by atoms with Gasteiger partial charge in [0.05, 0.1) is 36.8 Å². The fraction of sp³-hybridized carbons (Fsp3) is 0.421. The second-order valence-electron chi connectivity index (χ2n) is 6.44. The molecule has 1 aromatic heterocycles. The highest BCUT2D eigenvalue weighted by Gasteiger charge is 2.28. The average molecular weight is 322 g/mol. The number of benzene rings is 1. The summed E-state index contributed by atoms with van der Waals surface area (Å²) >= 11 is 0. The van der Waals surface area contributed by atoms with Crippen LogP contribution in [0, 0.1) is 24.2 Å². The maximum atomic E-state index is 12.7. The fourth-order valence-corrected chi connectivity index (χ4v) is 3.41. The molecule has 0 radical (unpaired) electrons. The van der Waals surface area contributed by atoms with Gasteiger partial charge < -0.3 is 5.32 Å². The molecule has 1 aromatic carbocycles. The number of aromatic nitrogens is 2. The molecule has 0 spiro atoms. The van der Waals surface area contributed by atoms with Crippen molar-refractivity contribution in [1.82, 2.24) is 15.1 Å². The van der Waals surface area contributed by atoms with Crippen molar-refractivity contribution >= 4 is 5.91 Å². The number of amides is 1. The van der Waals surface area contributed by atoms with Gasteiger partial charge in [0.2, 0.25) is 0 Å². The molecule has 124 valence electrons. The summed E-state index contributed by atoms with van der Waals surface area (Å²) < 4.78 is 1.72. The Kier molecular flexibility index (Phi) is 4.66. The Morgan fingerprint density at radius 1 is 1.46 bits per heavy atom. The average Bonchev–Trinajstić information content (AvgIpc) is 2.96. The zero-order valence-electron chi connectivity index (χ0n) is 14.1. The molecule has 1 heterocycles. The number of rotatable bonds is 4. The molecule has 1 N–H and O–H groups in total. The number of nitrogens with zero attached hydrogens (tertiary/aromatic N) is 3. The van der Waals surface area contributed by atoms with Gasteiger partial charge in [-0.2, -0.15) is 10.4 Å². The minimum Gasteiger partial charge on any atom is -0.345 e. The highest BCUT2D eigenvalue weighted by Crippen LogP contribution is 2.34. The first-order chi connectivity index (χ1) is 11.6. The van der Waals surface area contributed by atoms with E-state index in [9.17, 15) is 4.79 Å². The second kappa shape index (κ2) is 6.88. The highest BCUT2D eigenvalue weighted by atomic mass is 16.1. The third-order valence-corrected chi connectivity index (χ3v) is 4.90. The van der Waals surface area contributed by atoms with E-state index < -0.39 is 0 Å². The van der Waals surface area contributed by atoms with Crippen molar-refractivity contribution in [2.45, 2.75) is 45.7 Å². The first kappa shape index (κ1) is 16.3. The van der Waals surface area contributed by atoms with E-state index in [1.165, 1.54) is 11.1 Å². The van der Waals surface area contributed by atoms with Crippen LogP contribution < -0.4 is 5.32 Å². The van der Waals surface area contributed by atoms with Crippen LogP contribution in [-0.4, -0.2) is 15.7 Å². The van der Waals surface area contributed by atoms with Gasteiger partial charge in [-0.25, -0.2) is 0 Å². The van der Waals surface area contributed by atoms with Gasteiger partial charge in [0, 0.05) is 5.69 Å². The lowest BCUT2D eigenvalue weighted by Crippen LogP contribution is -2.35. The molecule has 2 atom stereocenters. The van der Waals surface area contributed by atoms with Crippen LogP contribution in [0.25, 0.3) is 0 Å². The summed E-state index contributed by atoms with van der Waals surface area (Å²) in [6, 6.07) is 10.5. The van der Waals surface area contributed by atoms with E-state index in [0.29, 0.717) is 24.4 Å². The summed E-state index contributed by atoms with van der Waals surface area (Å²) in [5.74, 6) is 0.307. The maximum Gasteiger partial charge on any atom is 0.255 e. The summed E-state index contributed by atoms with van der Waals surface area (Å²) in [4.78, 5) is 12.7. The van der Waals surface area contributed by atoms with Gasteiger partial charge in [0.25, 0.3) is 5.91 Å². The number of nitrogens with one attached hydrogen (secondary N) is 1. The van der Waals surface area contributed by atoms with Crippen molar-refractivity contribution in [2.75, 3.05) is 0 Å². The molecule has 24 heavy (non-hydrogen) atoms. The van der Waals surface area contributed by atoms with Crippen molar-refractivity contribution in [2.24, 2.45) is 5.92 Å². The Labute approximate surface area is 142 Å². The predicted molar refractivity (Wildman–Crippen MR) is 91.3 cm³/mol. The van der Waals surface area contributed by atoms with Gasteiger partial charge in [0.15, 0.2) is 0 Å². The number of hydrogen-bond acceptors (Lipinski definition) is 3. The van der Waals surface area contributed by atoms with Crippen molar-refractivity contribution < 1.29 is 4.79 Å². The van der Waals surface area contributed by atoms with E-state index in [0.717, 1.165) is 18.5 Å². The number of nitriles is 1. The Balaban J connectivity index is 1.80. The van der Waals surface area contributed by atoms with Crippen LogP contribution in [0.4, 0.5) is 0 Å². The molecule has 0 bridgehead atoms. The maximum absolute atomic E-state index is 12.7. The van der Waals surface area contributed by atoms with Gasteiger partial charge >= 0.3 is 0 Å². The number of aryl methyl sites for hydroxylation is 2. The van der Waals surface area contributed by atoms with Crippen molar-refractivity contribution in [3.05, 3.63) is 52.8 Å². The van der Waals surface area contributed by atoms with Gasteiger partial charge in [-0.1, -0.05) is 31.2 Å². The smallest absolute Gasteiger partial charge is 0.255 e. The molecule has 5 nitrogen and oxygen atoms in total. The largest absolute Gasteiger partial charge is 0.345 e. The van der Waals surface area contributed by atoms with Crippen molar-refractivity contribution in [1.29, 1.82) is 5.26 Å². The van der Waals surface area contributed by atoms with E-state index in [2.05, 4.69) is 41.6 Å². The van der Waals surface area contributed by atoms with Crippen LogP contribution in [-0.2, 0) is 13.0 Å². The Hall–Kier alpha value is -2.61.